The van der Waals surface area contributed by atoms with Crippen molar-refractivity contribution < 1.29 is 26.3 Å². The number of pyridine rings is 1. The molecule has 0 saturated carbocycles. The van der Waals surface area contributed by atoms with E-state index in [-0.39, 0.29) is 4.90 Å². The SMILES string of the molecule is COc1cc(-c2ccc(C(F)(F)F)cc2)nc2cc(S(C)(=O)=O)ccc12. The molecule has 3 aromatic rings. The molecule has 0 aliphatic carbocycles. The van der Waals surface area contributed by atoms with E-state index in [9.17, 15) is 21.6 Å². The van der Waals surface area contributed by atoms with Crippen LogP contribution in [0.2, 0.25) is 0 Å². The van der Waals surface area contributed by atoms with Gasteiger partial charge in [0.15, 0.2) is 9.84 Å². The predicted octanol–water partition coefficient (Wildman–Crippen LogP) is 4.33. The molecule has 3 rings (SSSR count). The van der Waals surface area contributed by atoms with Gasteiger partial charge in [0, 0.05) is 23.3 Å². The van der Waals surface area contributed by atoms with Crippen molar-refractivity contribution in [2.45, 2.75) is 11.1 Å². The first-order chi connectivity index (χ1) is 12.1. The summed E-state index contributed by atoms with van der Waals surface area (Å²) in [5.41, 5.74) is 0.465. The monoisotopic (exact) mass is 381 g/mol. The summed E-state index contributed by atoms with van der Waals surface area (Å²) in [6, 6.07) is 10.6. The number of benzene rings is 2. The third-order valence-electron chi connectivity index (χ3n) is 3.90. The minimum absolute atomic E-state index is 0.101. The van der Waals surface area contributed by atoms with Crippen molar-refractivity contribution in [3.05, 3.63) is 54.1 Å². The smallest absolute Gasteiger partial charge is 0.416 e. The standard InChI is InChI=1S/C18H14F3NO3S/c1-25-17-10-15(11-3-5-12(6-4-11)18(19,20)21)22-16-9-13(26(2,23)24)7-8-14(16)17/h3-10H,1-2H3. The Bertz CT molecular complexity index is 1080. The molecule has 4 nitrogen and oxygen atoms in total. The first-order valence-corrected chi connectivity index (χ1v) is 9.35. The number of fused-ring (bicyclic) bond motifs is 1. The lowest BCUT2D eigenvalue weighted by molar-refractivity contribution is -0.137. The van der Waals surface area contributed by atoms with E-state index in [0.717, 1.165) is 18.4 Å². The van der Waals surface area contributed by atoms with Crippen molar-refractivity contribution in [3.63, 3.8) is 0 Å². The molecule has 0 radical (unpaired) electrons. The Morgan fingerprint density at radius 2 is 1.65 bits per heavy atom. The number of hydrogen-bond donors (Lipinski definition) is 0. The van der Waals surface area contributed by atoms with Gasteiger partial charge in [-0.1, -0.05) is 12.1 Å². The van der Waals surface area contributed by atoms with Crippen LogP contribution in [0.5, 0.6) is 5.75 Å². The summed E-state index contributed by atoms with van der Waals surface area (Å²) in [6.07, 6.45) is -3.33. The quantitative estimate of drug-likeness (QED) is 0.678. The molecule has 0 N–H and O–H groups in total. The van der Waals surface area contributed by atoms with Crippen LogP contribution in [0.15, 0.2) is 53.4 Å². The van der Waals surface area contributed by atoms with Crippen LogP contribution in [0.1, 0.15) is 5.56 Å². The van der Waals surface area contributed by atoms with Crippen molar-refractivity contribution >= 4 is 20.7 Å². The zero-order chi connectivity index (χ0) is 19.1. The molecule has 0 saturated heterocycles. The lowest BCUT2D eigenvalue weighted by atomic mass is 10.1. The van der Waals surface area contributed by atoms with Crippen molar-refractivity contribution in [1.29, 1.82) is 0 Å². The van der Waals surface area contributed by atoms with Gasteiger partial charge >= 0.3 is 6.18 Å². The summed E-state index contributed by atoms with van der Waals surface area (Å²) < 4.78 is 67.0. The summed E-state index contributed by atoms with van der Waals surface area (Å²) in [6.45, 7) is 0. The molecule has 0 aliphatic heterocycles. The Morgan fingerprint density at radius 1 is 1.00 bits per heavy atom. The summed E-state index contributed by atoms with van der Waals surface area (Å²) in [4.78, 5) is 4.50. The van der Waals surface area contributed by atoms with Crippen molar-refractivity contribution in [3.8, 4) is 17.0 Å². The largest absolute Gasteiger partial charge is 0.496 e. The second-order valence-corrected chi connectivity index (χ2v) is 7.75. The van der Waals surface area contributed by atoms with Gasteiger partial charge in [0.25, 0.3) is 0 Å². The second-order valence-electron chi connectivity index (χ2n) is 5.74. The molecule has 0 bridgehead atoms. The average Bonchev–Trinajstić information content (AvgIpc) is 2.58. The van der Waals surface area contributed by atoms with Gasteiger partial charge in [-0.15, -0.1) is 0 Å². The maximum Gasteiger partial charge on any atom is 0.416 e. The molecule has 136 valence electrons. The topological polar surface area (TPSA) is 56.3 Å². The maximum atomic E-state index is 12.7. The van der Waals surface area contributed by atoms with Gasteiger partial charge in [-0.05, 0) is 30.3 Å². The Morgan fingerprint density at radius 3 is 2.19 bits per heavy atom. The number of hydrogen-bond acceptors (Lipinski definition) is 4. The van der Waals surface area contributed by atoms with Gasteiger partial charge < -0.3 is 4.74 Å². The van der Waals surface area contributed by atoms with Crippen LogP contribution >= 0.6 is 0 Å². The highest BCUT2D eigenvalue weighted by Gasteiger charge is 2.30. The second kappa shape index (κ2) is 6.28. The van der Waals surface area contributed by atoms with E-state index in [4.69, 9.17) is 4.74 Å². The molecular weight excluding hydrogens is 367 g/mol. The van der Waals surface area contributed by atoms with E-state index < -0.39 is 21.6 Å². The summed E-state index contributed by atoms with van der Waals surface area (Å²) in [7, 11) is -1.97. The third kappa shape index (κ3) is 3.50. The molecule has 0 atom stereocenters. The molecule has 0 unspecified atom stereocenters. The zero-order valence-corrected chi connectivity index (χ0v) is 14.6. The Hall–Kier alpha value is -2.61. The van der Waals surface area contributed by atoms with Gasteiger partial charge in [0.2, 0.25) is 0 Å². The van der Waals surface area contributed by atoms with E-state index >= 15 is 0 Å². The average molecular weight is 381 g/mol. The van der Waals surface area contributed by atoms with E-state index in [1.165, 1.54) is 31.4 Å². The number of methoxy groups -OCH3 is 1. The van der Waals surface area contributed by atoms with Crippen molar-refractivity contribution in [1.82, 2.24) is 4.98 Å². The molecule has 2 aromatic carbocycles. The van der Waals surface area contributed by atoms with Crippen LogP contribution in [-0.2, 0) is 16.0 Å². The Kier molecular flexibility index (Phi) is 4.39. The van der Waals surface area contributed by atoms with E-state index in [0.29, 0.717) is 27.9 Å². The molecule has 0 aliphatic rings. The summed E-state index contributed by atoms with van der Waals surface area (Å²) in [5.74, 6) is 0.449. The highest BCUT2D eigenvalue weighted by Crippen LogP contribution is 2.33. The molecule has 8 heteroatoms. The lowest BCUT2D eigenvalue weighted by Crippen LogP contribution is -2.04. The van der Waals surface area contributed by atoms with Crippen LogP contribution < -0.4 is 4.74 Å². The fourth-order valence-corrected chi connectivity index (χ4v) is 3.19. The van der Waals surface area contributed by atoms with Gasteiger partial charge in [0.1, 0.15) is 5.75 Å². The van der Waals surface area contributed by atoms with Crippen LogP contribution in [-0.4, -0.2) is 26.8 Å². The molecular formula is C18H14F3NO3S. The van der Waals surface area contributed by atoms with Gasteiger partial charge in [-0.25, -0.2) is 13.4 Å². The molecule has 0 fully saturated rings. The Labute approximate surface area is 148 Å². The molecule has 0 spiro atoms. The number of nitrogens with zero attached hydrogens (tertiary/aromatic N) is 1. The van der Waals surface area contributed by atoms with Gasteiger partial charge in [-0.2, -0.15) is 13.2 Å². The van der Waals surface area contributed by atoms with E-state index in [2.05, 4.69) is 4.98 Å². The van der Waals surface area contributed by atoms with Crippen LogP contribution in [0, 0.1) is 0 Å². The zero-order valence-electron chi connectivity index (χ0n) is 13.8. The molecule has 26 heavy (non-hydrogen) atoms. The normalized spacial score (nSPS) is 12.3. The molecule has 1 heterocycles. The molecule has 0 amide bonds. The van der Waals surface area contributed by atoms with Crippen LogP contribution in [0.3, 0.4) is 0 Å². The van der Waals surface area contributed by atoms with Gasteiger partial charge in [-0.3, -0.25) is 0 Å². The number of alkyl halides is 3. The maximum absolute atomic E-state index is 12.7. The van der Waals surface area contributed by atoms with E-state index in [1.807, 2.05) is 0 Å². The number of sulfone groups is 1. The fraction of sp³-hybridized carbons (Fsp3) is 0.167. The van der Waals surface area contributed by atoms with Crippen molar-refractivity contribution in [2.75, 3.05) is 13.4 Å². The first kappa shape index (κ1) is 18.2. The Balaban J connectivity index is 2.17. The van der Waals surface area contributed by atoms with Crippen LogP contribution in [0.25, 0.3) is 22.2 Å². The minimum Gasteiger partial charge on any atom is -0.496 e. The first-order valence-electron chi connectivity index (χ1n) is 7.46. The number of aromatic nitrogens is 1. The summed E-state index contributed by atoms with van der Waals surface area (Å²) in [5, 5.41) is 0.607. The third-order valence-corrected chi connectivity index (χ3v) is 5.01. The number of ether oxygens (including phenoxy) is 1. The number of halogens is 3. The number of rotatable bonds is 3. The lowest BCUT2D eigenvalue weighted by Gasteiger charge is -2.11. The molecule has 1 aromatic heterocycles. The predicted molar refractivity (Wildman–Crippen MR) is 91.8 cm³/mol. The highest BCUT2D eigenvalue weighted by atomic mass is 32.2. The fourth-order valence-electron chi connectivity index (χ4n) is 2.55. The van der Waals surface area contributed by atoms with E-state index in [1.54, 1.807) is 12.1 Å². The van der Waals surface area contributed by atoms with Crippen molar-refractivity contribution in [2.24, 2.45) is 0 Å². The van der Waals surface area contributed by atoms with Crippen LogP contribution in [0.4, 0.5) is 13.2 Å². The minimum atomic E-state index is -4.42. The van der Waals surface area contributed by atoms with Gasteiger partial charge in [0.05, 0.1) is 28.8 Å². The highest BCUT2D eigenvalue weighted by molar-refractivity contribution is 7.90. The summed E-state index contributed by atoms with van der Waals surface area (Å²) >= 11 is 0.